The van der Waals surface area contributed by atoms with E-state index in [9.17, 15) is 8.42 Å². The molecule has 0 N–H and O–H groups in total. The first kappa shape index (κ1) is 18.7. The van der Waals surface area contributed by atoms with Gasteiger partial charge in [-0.05, 0) is 36.4 Å². The molecular formula is C18H19N3O3S3. The maximum absolute atomic E-state index is 12.7. The second kappa shape index (κ2) is 8.14. The fraction of sp³-hybridized carbons (Fsp3) is 0.333. The van der Waals surface area contributed by atoms with E-state index in [2.05, 4.69) is 9.97 Å². The fourth-order valence-corrected chi connectivity index (χ4v) is 5.73. The first-order valence-corrected chi connectivity index (χ1v) is 12.0. The highest BCUT2D eigenvalue weighted by Crippen LogP contribution is 2.27. The molecule has 142 valence electrons. The molecule has 4 rings (SSSR count). The zero-order valence-corrected chi connectivity index (χ0v) is 17.0. The van der Waals surface area contributed by atoms with Crippen LogP contribution in [0.25, 0.3) is 10.8 Å². The number of pyridine rings is 1. The van der Waals surface area contributed by atoms with E-state index in [4.69, 9.17) is 4.42 Å². The van der Waals surface area contributed by atoms with Crippen LogP contribution in [0.3, 0.4) is 0 Å². The highest BCUT2D eigenvalue weighted by molar-refractivity contribution is 7.98. The molecule has 0 bridgehead atoms. The molecular weight excluding hydrogens is 402 g/mol. The van der Waals surface area contributed by atoms with E-state index < -0.39 is 10.0 Å². The molecule has 3 aromatic heterocycles. The first-order valence-electron chi connectivity index (χ1n) is 8.70. The van der Waals surface area contributed by atoms with Gasteiger partial charge in [-0.2, -0.15) is 4.31 Å². The lowest BCUT2D eigenvalue weighted by Gasteiger charge is -2.25. The smallest absolute Gasteiger partial charge is 0.244 e. The predicted octanol–water partition coefficient (Wildman–Crippen LogP) is 4.27. The molecule has 3 aromatic rings. The molecule has 6 nitrogen and oxygen atoms in total. The van der Waals surface area contributed by atoms with Crippen molar-refractivity contribution in [2.75, 3.05) is 13.1 Å². The van der Waals surface area contributed by atoms with Crippen molar-refractivity contribution >= 4 is 33.1 Å². The van der Waals surface area contributed by atoms with Crippen LogP contribution in [0, 0.1) is 0 Å². The molecule has 0 saturated carbocycles. The summed E-state index contributed by atoms with van der Waals surface area (Å²) >= 11 is 3.08. The van der Waals surface area contributed by atoms with Gasteiger partial charge in [0.05, 0.1) is 15.6 Å². The molecule has 0 radical (unpaired) electrons. The van der Waals surface area contributed by atoms with Crippen LogP contribution in [0.15, 0.2) is 56.4 Å². The number of nitrogens with zero attached hydrogens (tertiary/aromatic N) is 3. The molecule has 27 heavy (non-hydrogen) atoms. The molecule has 0 atom stereocenters. The molecule has 0 aliphatic carbocycles. The van der Waals surface area contributed by atoms with E-state index in [1.54, 1.807) is 34.0 Å². The van der Waals surface area contributed by atoms with Crippen LogP contribution < -0.4 is 0 Å². The highest BCUT2D eigenvalue weighted by atomic mass is 32.2. The number of thioether (sulfide) groups is 1. The Morgan fingerprint density at radius 1 is 1.19 bits per heavy atom. The third-order valence-electron chi connectivity index (χ3n) is 4.31. The molecule has 0 unspecified atom stereocenters. The second-order valence-electron chi connectivity index (χ2n) is 6.21. The van der Waals surface area contributed by atoms with Crippen molar-refractivity contribution in [3.05, 3.63) is 47.8 Å². The van der Waals surface area contributed by atoms with Gasteiger partial charge >= 0.3 is 0 Å². The zero-order chi connectivity index (χ0) is 18.7. The molecule has 4 heterocycles. The zero-order valence-electron chi connectivity index (χ0n) is 14.6. The summed E-state index contributed by atoms with van der Waals surface area (Å²) < 4.78 is 32.4. The Labute approximate surface area is 166 Å². The minimum Gasteiger partial charge on any atom is -0.444 e. The molecule has 1 aliphatic rings. The van der Waals surface area contributed by atoms with Crippen molar-refractivity contribution in [2.24, 2.45) is 0 Å². The Kier molecular flexibility index (Phi) is 5.63. The summed E-state index contributed by atoms with van der Waals surface area (Å²) in [6.07, 6.45) is 6.04. The maximum Gasteiger partial charge on any atom is 0.244 e. The molecule has 1 aliphatic heterocycles. The summed E-state index contributed by atoms with van der Waals surface area (Å²) in [5.74, 6) is 1.23. The summed E-state index contributed by atoms with van der Waals surface area (Å²) in [6, 6.07) is 7.32. The van der Waals surface area contributed by atoms with Crippen LogP contribution in [0.4, 0.5) is 0 Å². The average molecular weight is 422 g/mol. The Hall–Kier alpha value is -1.68. The second-order valence-corrected chi connectivity index (χ2v) is 10.1. The number of hydrogen-bond donors (Lipinski definition) is 0. The largest absolute Gasteiger partial charge is 0.444 e. The van der Waals surface area contributed by atoms with Gasteiger partial charge in [0.2, 0.25) is 15.9 Å². The number of aromatic nitrogens is 2. The fourth-order valence-electron chi connectivity index (χ4n) is 2.89. The van der Waals surface area contributed by atoms with Gasteiger partial charge in [0.1, 0.15) is 11.2 Å². The Bertz CT molecular complexity index is 977. The lowest BCUT2D eigenvalue weighted by atomic mass is 10.2. The summed E-state index contributed by atoms with van der Waals surface area (Å²) in [6.45, 7) is 1.19. The lowest BCUT2D eigenvalue weighted by Crippen LogP contribution is -2.35. The molecule has 0 amide bonds. The van der Waals surface area contributed by atoms with Gasteiger partial charge in [0.25, 0.3) is 0 Å². The number of sulfonamides is 1. The minimum atomic E-state index is -3.43. The molecule has 1 saturated heterocycles. The van der Waals surface area contributed by atoms with Crippen molar-refractivity contribution < 1.29 is 12.8 Å². The topological polar surface area (TPSA) is 76.3 Å². The summed E-state index contributed by atoms with van der Waals surface area (Å²) in [4.78, 5) is 10.0. The van der Waals surface area contributed by atoms with Crippen molar-refractivity contribution in [1.29, 1.82) is 0 Å². The van der Waals surface area contributed by atoms with Crippen LogP contribution in [0.5, 0.6) is 0 Å². The summed E-state index contributed by atoms with van der Waals surface area (Å²) in [5, 5.41) is 2.74. The van der Waals surface area contributed by atoms with E-state index >= 15 is 0 Å². The quantitative estimate of drug-likeness (QED) is 0.554. The lowest BCUT2D eigenvalue weighted by molar-refractivity contribution is 0.346. The molecule has 0 aromatic carbocycles. The van der Waals surface area contributed by atoms with Crippen molar-refractivity contribution in [3.8, 4) is 10.8 Å². The number of thiophene rings is 1. The summed E-state index contributed by atoms with van der Waals surface area (Å²) in [5.41, 5.74) is 0.829. The van der Waals surface area contributed by atoms with Gasteiger partial charge < -0.3 is 4.42 Å². The van der Waals surface area contributed by atoms with E-state index in [1.165, 1.54) is 18.0 Å². The minimum absolute atomic E-state index is 0.259. The van der Waals surface area contributed by atoms with Crippen molar-refractivity contribution in [2.45, 2.75) is 34.9 Å². The SMILES string of the molecule is O=S(=O)(c1ccc(SCc2coc(-c3cccs3)n2)nc1)N1CCCCC1. The normalized spacial score (nSPS) is 15.9. The third kappa shape index (κ3) is 4.26. The van der Waals surface area contributed by atoms with Crippen molar-refractivity contribution in [3.63, 3.8) is 0 Å². The number of piperidine rings is 1. The molecule has 0 spiro atoms. The van der Waals surface area contributed by atoms with Crippen LogP contribution in [-0.4, -0.2) is 35.8 Å². The van der Waals surface area contributed by atoms with Gasteiger partial charge in [-0.3, -0.25) is 0 Å². The Balaban J connectivity index is 1.39. The standard InChI is InChI=1S/C18H19N3O3S3/c22-27(23,21-8-2-1-3-9-21)15-6-7-17(19-11-15)26-13-14-12-24-18(20-14)16-5-4-10-25-16/h4-7,10-12H,1-3,8-9,13H2. The monoisotopic (exact) mass is 421 g/mol. The molecule has 1 fully saturated rings. The Morgan fingerprint density at radius 3 is 2.74 bits per heavy atom. The highest BCUT2D eigenvalue weighted by Gasteiger charge is 2.26. The average Bonchev–Trinajstić information content (AvgIpc) is 3.39. The third-order valence-corrected chi connectivity index (χ3v) is 8.03. The number of rotatable bonds is 6. The van der Waals surface area contributed by atoms with Crippen LogP contribution in [0.2, 0.25) is 0 Å². The van der Waals surface area contributed by atoms with Gasteiger partial charge in [0.15, 0.2) is 0 Å². The van der Waals surface area contributed by atoms with Crippen molar-refractivity contribution in [1.82, 2.24) is 14.3 Å². The van der Waals surface area contributed by atoms with Gasteiger partial charge in [-0.1, -0.05) is 24.2 Å². The summed E-state index contributed by atoms with van der Waals surface area (Å²) in [7, 11) is -3.43. The first-order chi connectivity index (χ1) is 13.1. The van der Waals surface area contributed by atoms with Crippen LogP contribution in [-0.2, 0) is 15.8 Å². The number of hydrogen-bond acceptors (Lipinski definition) is 7. The van der Waals surface area contributed by atoms with Gasteiger partial charge in [-0.25, -0.2) is 18.4 Å². The number of oxazole rings is 1. The van der Waals surface area contributed by atoms with Crippen LogP contribution in [0.1, 0.15) is 25.0 Å². The van der Waals surface area contributed by atoms with E-state index in [0.29, 0.717) is 24.7 Å². The van der Waals surface area contributed by atoms with Gasteiger partial charge in [0, 0.05) is 25.0 Å². The predicted molar refractivity (Wildman–Crippen MR) is 106 cm³/mol. The van der Waals surface area contributed by atoms with Crippen LogP contribution >= 0.6 is 23.1 Å². The van der Waals surface area contributed by atoms with Gasteiger partial charge in [-0.15, -0.1) is 11.3 Å². The Morgan fingerprint density at radius 2 is 2.04 bits per heavy atom. The van der Waals surface area contributed by atoms with E-state index in [1.807, 2.05) is 17.5 Å². The molecule has 9 heteroatoms. The maximum atomic E-state index is 12.7. The van der Waals surface area contributed by atoms with E-state index in [0.717, 1.165) is 34.9 Å². The van der Waals surface area contributed by atoms with E-state index in [-0.39, 0.29) is 4.90 Å².